The molecule has 0 aliphatic rings. The number of halogens is 1. The highest BCUT2D eigenvalue weighted by Gasteiger charge is 2.12. The number of ether oxygens (including phenoxy) is 2. The number of hydrogen-bond acceptors (Lipinski definition) is 6. The molecule has 0 unspecified atom stereocenters. The molecular formula is C19H22FN3O2S2. The molecule has 0 N–H and O–H groups in total. The van der Waals surface area contributed by atoms with E-state index in [4.69, 9.17) is 9.47 Å². The van der Waals surface area contributed by atoms with Gasteiger partial charge in [-0.1, -0.05) is 11.8 Å². The number of thioether (sulfide) groups is 1. The van der Waals surface area contributed by atoms with Crippen LogP contribution in [0.2, 0.25) is 0 Å². The Balaban J connectivity index is 1.56. The molecule has 27 heavy (non-hydrogen) atoms. The molecule has 0 radical (unpaired) electrons. The van der Waals surface area contributed by atoms with E-state index in [1.54, 1.807) is 42.3 Å². The number of methoxy groups -OCH3 is 1. The zero-order chi connectivity index (χ0) is 19.2. The van der Waals surface area contributed by atoms with Gasteiger partial charge in [-0.2, -0.15) is 0 Å². The van der Waals surface area contributed by atoms with Gasteiger partial charge in [-0.15, -0.1) is 11.3 Å². The van der Waals surface area contributed by atoms with Crippen LogP contribution in [-0.4, -0.2) is 28.3 Å². The van der Waals surface area contributed by atoms with E-state index < -0.39 is 0 Å². The lowest BCUT2D eigenvalue weighted by Gasteiger charge is -2.08. The van der Waals surface area contributed by atoms with Gasteiger partial charge in [0.2, 0.25) is 0 Å². The molecule has 0 saturated carbocycles. The van der Waals surface area contributed by atoms with E-state index >= 15 is 0 Å². The van der Waals surface area contributed by atoms with Gasteiger partial charge in [0.1, 0.15) is 23.2 Å². The predicted octanol–water partition coefficient (Wildman–Crippen LogP) is 4.61. The number of aryl methyl sites for hydroxylation is 1. The minimum absolute atomic E-state index is 0.273. The second kappa shape index (κ2) is 9.34. The first kappa shape index (κ1) is 19.9. The van der Waals surface area contributed by atoms with E-state index in [0.717, 1.165) is 33.8 Å². The maximum atomic E-state index is 12.9. The van der Waals surface area contributed by atoms with Crippen LogP contribution in [0.4, 0.5) is 4.39 Å². The van der Waals surface area contributed by atoms with E-state index in [2.05, 4.69) is 21.5 Å². The van der Waals surface area contributed by atoms with Crippen molar-refractivity contribution >= 4 is 23.1 Å². The van der Waals surface area contributed by atoms with Gasteiger partial charge in [0.05, 0.1) is 18.0 Å². The summed E-state index contributed by atoms with van der Waals surface area (Å²) in [5.74, 6) is 1.11. The van der Waals surface area contributed by atoms with Crippen LogP contribution < -0.4 is 4.74 Å². The van der Waals surface area contributed by atoms with Crippen molar-refractivity contribution in [2.75, 3.05) is 13.7 Å². The topological polar surface area (TPSA) is 49.2 Å². The number of thiazole rings is 1. The molecule has 0 aliphatic carbocycles. The van der Waals surface area contributed by atoms with Gasteiger partial charge < -0.3 is 14.0 Å². The van der Waals surface area contributed by atoms with E-state index in [9.17, 15) is 4.39 Å². The van der Waals surface area contributed by atoms with Crippen molar-refractivity contribution in [3.63, 3.8) is 0 Å². The van der Waals surface area contributed by atoms with Crippen molar-refractivity contribution < 1.29 is 13.9 Å². The summed E-state index contributed by atoms with van der Waals surface area (Å²) in [6.07, 6.45) is 0. The summed E-state index contributed by atoms with van der Waals surface area (Å²) < 4.78 is 26.0. The van der Waals surface area contributed by atoms with Gasteiger partial charge in [0.15, 0.2) is 5.16 Å². The molecule has 0 bridgehead atoms. The summed E-state index contributed by atoms with van der Waals surface area (Å²) in [5, 5.41) is 3.92. The predicted molar refractivity (Wildman–Crippen MR) is 106 cm³/mol. The highest BCUT2D eigenvalue weighted by molar-refractivity contribution is 7.98. The molecule has 2 aromatic heterocycles. The fraction of sp³-hybridized carbons (Fsp3) is 0.368. The fourth-order valence-electron chi connectivity index (χ4n) is 2.48. The second-order valence-electron chi connectivity index (χ2n) is 5.97. The summed E-state index contributed by atoms with van der Waals surface area (Å²) in [5.41, 5.74) is 3.21. The zero-order valence-electron chi connectivity index (χ0n) is 15.6. The van der Waals surface area contributed by atoms with Crippen LogP contribution in [0.15, 0.2) is 34.8 Å². The standard InChI is InChI=1S/C19H22FN3O2S2/c1-13-14(2)23(8-9-24-3)19(21-13)27-12-16-11-26-18(22-16)10-25-17-6-4-15(20)5-7-17/h4-7,11H,8-10,12H2,1-3H3. The molecule has 0 atom stereocenters. The van der Waals surface area contributed by atoms with Crippen molar-refractivity contribution in [3.05, 3.63) is 57.6 Å². The van der Waals surface area contributed by atoms with Gasteiger partial charge in [-0.3, -0.25) is 0 Å². The Bertz CT molecular complexity index is 878. The fourth-order valence-corrected chi connectivity index (χ4v) is 4.30. The Kier molecular flexibility index (Phi) is 6.87. The zero-order valence-corrected chi connectivity index (χ0v) is 17.2. The Morgan fingerprint density at radius 1 is 1.19 bits per heavy atom. The van der Waals surface area contributed by atoms with Crippen LogP contribution in [0, 0.1) is 19.7 Å². The number of aromatic nitrogens is 3. The third kappa shape index (κ3) is 5.31. The molecule has 2 heterocycles. The molecule has 0 saturated heterocycles. The number of hydrogen-bond donors (Lipinski definition) is 0. The summed E-state index contributed by atoms with van der Waals surface area (Å²) in [6.45, 7) is 5.93. The average Bonchev–Trinajstić information content (AvgIpc) is 3.23. The maximum Gasteiger partial charge on any atom is 0.168 e. The highest BCUT2D eigenvalue weighted by atomic mass is 32.2. The largest absolute Gasteiger partial charge is 0.486 e. The molecule has 5 nitrogen and oxygen atoms in total. The first-order valence-corrected chi connectivity index (χ1v) is 10.4. The van der Waals surface area contributed by atoms with Crippen LogP contribution in [-0.2, 0) is 23.6 Å². The van der Waals surface area contributed by atoms with Gasteiger partial charge in [0, 0.05) is 30.5 Å². The quantitative estimate of drug-likeness (QED) is 0.485. The van der Waals surface area contributed by atoms with E-state index in [0.29, 0.717) is 19.0 Å². The molecule has 1 aromatic carbocycles. The van der Waals surface area contributed by atoms with Crippen LogP contribution >= 0.6 is 23.1 Å². The normalized spacial score (nSPS) is 11.1. The Labute approximate surface area is 166 Å². The Hall–Kier alpha value is -1.90. The minimum Gasteiger partial charge on any atom is -0.486 e. The summed E-state index contributed by atoms with van der Waals surface area (Å²) in [4.78, 5) is 9.27. The molecule has 3 rings (SSSR count). The van der Waals surface area contributed by atoms with Gasteiger partial charge in [-0.05, 0) is 38.1 Å². The molecule has 3 aromatic rings. The SMILES string of the molecule is COCCn1c(SCc2csc(COc3ccc(F)cc3)n2)nc(C)c1C. The third-order valence-corrected chi connectivity index (χ3v) is 5.95. The smallest absolute Gasteiger partial charge is 0.168 e. The first-order valence-electron chi connectivity index (χ1n) is 8.54. The van der Waals surface area contributed by atoms with Crippen LogP contribution in [0.1, 0.15) is 22.1 Å². The Morgan fingerprint density at radius 2 is 1.96 bits per heavy atom. The third-order valence-electron chi connectivity index (χ3n) is 4.07. The van der Waals surface area contributed by atoms with Crippen molar-refractivity contribution in [2.45, 2.75) is 37.9 Å². The summed E-state index contributed by atoms with van der Waals surface area (Å²) in [7, 11) is 1.71. The number of benzene rings is 1. The molecule has 8 heteroatoms. The lowest BCUT2D eigenvalue weighted by Crippen LogP contribution is -2.07. The van der Waals surface area contributed by atoms with Gasteiger partial charge >= 0.3 is 0 Å². The first-order chi connectivity index (χ1) is 13.1. The van der Waals surface area contributed by atoms with Crippen LogP contribution in [0.5, 0.6) is 5.75 Å². The number of rotatable bonds is 9. The monoisotopic (exact) mass is 407 g/mol. The van der Waals surface area contributed by atoms with E-state index in [1.165, 1.54) is 17.8 Å². The lowest BCUT2D eigenvalue weighted by atomic mass is 10.3. The van der Waals surface area contributed by atoms with E-state index in [1.807, 2.05) is 12.3 Å². The molecular weight excluding hydrogens is 385 g/mol. The summed E-state index contributed by atoms with van der Waals surface area (Å²) >= 11 is 3.24. The molecule has 0 aliphatic heterocycles. The van der Waals surface area contributed by atoms with Crippen LogP contribution in [0.25, 0.3) is 0 Å². The molecule has 0 spiro atoms. The second-order valence-corrected chi connectivity index (χ2v) is 7.86. The molecule has 144 valence electrons. The van der Waals surface area contributed by atoms with Crippen LogP contribution in [0.3, 0.4) is 0 Å². The maximum absolute atomic E-state index is 12.9. The lowest BCUT2D eigenvalue weighted by molar-refractivity contribution is 0.184. The van der Waals surface area contributed by atoms with Crippen molar-refractivity contribution in [1.82, 2.24) is 14.5 Å². The highest BCUT2D eigenvalue weighted by Crippen LogP contribution is 2.26. The minimum atomic E-state index is -0.273. The van der Waals surface area contributed by atoms with Gasteiger partial charge in [0.25, 0.3) is 0 Å². The number of nitrogens with zero attached hydrogens (tertiary/aromatic N) is 3. The van der Waals surface area contributed by atoms with E-state index in [-0.39, 0.29) is 5.82 Å². The van der Waals surface area contributed by atoms with Crippen molar-refractivity contribution in [2.24, 2.45) is 0 Å². The molecule has 0 fully saturated rings. The Morgan fingerprint density at radius 3 is 2.70 bits per heavy atom. The summed E-state index contributed by atoms with van der Waals surface area (Å²) in [6, 6.07) is 6.00. The van der Waals surface area contributed by atoms with Crippen molar-refractivity contribution in [1.29, 1.82) is 0 Å². The van der Waals surface area contributed by atoms with Gasteiger partial charge in [-0.25, -0.2) is 14.4 Å². The molecule has 0 amide bonds. The van der Waals surface area contributed by atoms with Crippen molar-refractivity contribution in [3.8, 4) is 5.75 Å². The average molecular weight is 408 g/mol. The number of imidazole rings is 1.